The number of nitrogens with zero attached hydrogens (tertiary/aromatic N) is 2. The van der Waals surface area contributed by atoms with Gasteiger partial charge in [0.05, 0.1) is 17.8 Å². The van der Waals surface area contributed by atoms with Gasteiger partial charge in [-0.3, -0.25) is 9.59 Å². The van der Waals surface area contributed by atoms with E-state index in [9.17, 15) is 9.59 Å². The summed E-state index contributed by atoms with van der Waals surface area (Å²) < 4.78 is 1.48. The minimum Gasteiger partial charge on any atom is -0.355 e. The van der Waals surface area contributed by atoms with Gasteiger partial charge >= 0.3 is 0 Å². The van der Waals surface area contributed by atoms with E-state index in [0.29, 0.717) is 38.8 Å². The highest BCUT2D eigenvalue weighted by atomic mass is 16.1. The Morgan fingerprint density at radius 2 is 1.39 bits per heavy atom. The number of aromatic nitrogens is 1. The summed E-state index contributed by atoms with van der Waals surface area (Å²) in [6, 6.07) is 19.4. The predicted octanol–water partition coefficient (Wildman–Crippen LogP) is 9.51. The molecule has 1 aromatic heterocycles. The van der Waals surface area contributed by atoms with Crippen LogP contribution in [0.15, 0.2) is 65.5 Å². The lowest BCUT2D eigenvalue weighted by Crippen LogP contribution is -2.21. The molecule has 5 nitrogen and oxygen atoms in total. The van der Waals surface area contributed by atoms with Crippen LogP contribution in [0, 0.1) is 6.57 Å². The molecule has 41 heavy (non-hydrogen) atoms. The monoisotopic (exact) mass is 545 g/mol. The summed E-state index contributed by atoms with van der Waals surface area (Å²) >= 11 is 0. The van der Waals surface area contributed by atoms with Crippen molar-refractivity contribution in [2.75, 3.05) is 5.32 Å². The molecule has 5 rings (SSSR count). The fourth-order valence-electron chi connectivity index (χ4n) is 6.08. The van der Waals surface area contributed by atoms with Gasteiger partial charge in [-0.1, -0.05) is 101 Å². The summed E-state index contributed by atoms with van der Waals surface area (Å²) in [7, 11) is 1.66. The maximum absolute atomic E-state index is 13.8. The minimum atomic E-state index is -0.351. The summed E-state index contributed by atoms with van der Waals surface area (Å²) in [5, 5.41) is 4.12. The fraction of sp³-hybridized carbons (Fsp3) is 0.361. The van der Waals surface area contributed by atoms with Crippen LogP contribution in [-0.4, -0.2) is 10.4 Å². The number of unbranched alkanes of at least 4 members (excludes halogenated alkanes) is 9. The smallest absolute Gasteiger partial charge is 0.258 e. The normalized spacial score (nSPS) is 11.9. The number of anilines is 2. The molecule has 1 N–H and O–H groups in total. The highest BCUT2D eigenvalue weighted by Gasteiger charge is 2.31. The number of aryl methyl sites for hydroxylation is 2. The molecule has 3 aromatic carbocycles. The molecule has 0 saturated heterocycles. The summed E-state index contributed by atoms with van der Waals surface area (Å²) in [5.41, 5.74) is 5.46. The Kier molecular flexibility index (Phi) is 8.99. The molecule has 210 valence electrons. The van der Waals surface area contributed by atoms with Crippen molar-refractivity contribution in [1.29, 1.82) is 0 Å². The average molecular weight is 546 g/mol. The van der Waals surface area contributed by atoms with Gasteiger partial charge in [0.15, 0.2) is 5.78 Å². The zero-order valence-corrected chi connectivity index (χ0v) is 24.3. The number of fused-ring (bicyclic) bond motifs is 2. The number of ketones is 1. The molecule has 1 heterocycles. The molecule has 0 unspecified atom stereocenters. The first-order valence-corrected chi connectivity index (χ1v) is 15.1. The van der Waals surface area contributed by atoms with Gasteiger partial charge < -0.3 is 9.88 Å². The van der Waals surface area contributed by atoms with E-state index < -0.39 is 0 Å². The third kappa shape index (κ3) is 5.84. The SMILES string of the molecule is [C-]#[N+]c1c2c3c(c(Nc4ccc(CCCCCCCCCCCC)cc4)ccc3n(C)c1=O)C(=O)c1ccccc1-2. The molecule has 4 aromatic rings. The summed E-state index contributed by atoms with van der Waals surface area (Å²) in [6.45, 7) is 10.0. The van der Waals surface area contributed by atoms with Gasteiger partial charge in [-0.2, -0.15) is 0 Å². The number of rotatable bonds is 13. The van der Waals surface area contributed by atoms with Gasteiger partial charge in [0.2, 0.25) is 0 Å². The van der Waals surface area contributed by atoms with E-state index in [1.807, 2.05) is 30.3 Å². The second kappa shape index (κ2) is 13.0. The molecule has 0 saturated carbocycles. The summed E-state index contributed by atoms with van der Waals surface area (Å²) in [6.07, 6.45) is 14.4. The van der Waals surface area contributed by atoms with Crippen molar-refractivity contribution < 1.29 is 4.79 Å². The Morgan fingerprint density at radius 1 is 0.756 bits per heavy atom. The number of pyridine rings is 1. The average Bonchev–Trinajstić information content (AvgIpc) is 3.00. The topological polar surface area (TPSA) is 55.5 Å². The van der Waals surface area contributed by atoms with Crippen LogP contribution >= 0.6 is 0 Å². The molecule has 0 spiro atoms. The lowest BCUT2D eigenvalue weighted by molar-refractivity contribution is 0.104. The van der Waals surface area contributed by atoms with Crippen molar-refractivity contribution in [3.05, 3.63) is 99.1 Å². The third-order valence-electron chi connectivity index (χ3n) is 8.37. The Morgan fingerprint density at radius 3 is 2.05 bits per heavy atom. The number of hydrogen-bond donors (Lipinski definition) is 1. The van der Waals surface area contributed by atoms with Gasteiger partial charge in [-0.05, 0) is 48.2 Å². The minimum absolute atomic E-state index is 0.0506. The number of carbonyl (C=O) groups excluding carboxylic acids is 1. The first kappa shape index (κ1) is 28.4. The van der Waals surface area contributed by atoms with E-state index in [1.165, 1.54) is 74.3 Å². The van der Waals surface area contributed by atoms with Crippen LogP contribution in [0.4, 0.5) is 17.1 Å². The number of nitrogens with one attached hydrogen (secondary N) is 1. The third-order valence-corrected chi connectivity index (χ3v) is 8.37. The molecular weight excluding hydrogens is 506 g/mol. The van der Waals surface area contributed by atoms with Crippen molar-refractivity contribution in [1.82, 2.24) is 4.57 Å². The van der Waals surface area contributed by atoms with E-state index in [2.05, 4.69) is 41.4 Å². The van der Waals surface area contributed by atoms with Crippen LogP contribution in [0.5, 0.6) is 0 Å². The Hall–Kier alpha value is -4.17. The fourth-order valence-corrected chi connectivity index (χ4v) is 6.08. The van der Waals surface area contributed by atoms with Crippen LogP contribution in [-0.2, 0) is 13.5 Å². The van der Waals surface area contributed by atoms with Gasteiger partial charge in [-0.15, -0.1) is 0 Å². The second-order valence-electron chi connectivity index (χ2n) is 11.2. The number of benzene rings is 3. The highest BCUT2D eigenvalue weighted by molar-refractivity contribution is 6.29. The molecule has 1 aliphatic carbocycles. The van der Waals surface area contributed by atoms with Crippen molar-refractivity contribution >= 4 is 33.7 Å². The molecule has 0 radical (unpaired) electrons. The predicted molar refractivity (Wildman–Crippen MR) is 170 cm³/mol. The molecule has 0 bridgehead atoms. The summed E-state index contributed by atoms with van der Waals surface area (Å²) in [5.74, 6) is -0.103. The van der Waals surface area contributed by atoms with E-state index in [0.717, 1.165) is 12.1 Å². The lowest BCUT2D eigenvalue weighted by Gasteiger charge is -2.24. The van der Waals surface area contributed by atoms with Gasteiger partial charge in [-0.25, -0.2) is 4.85 Å². The quantitative estimate of drug-likeness (QED) is 0.118. The van der Waals surface area contributed by atoms with Crippen molar-refractivity contribution in [2.45, 2.75) is 77.6 Å². The van der Waals surface area contributed by atoms with Crippen LogP contribution in [0.1, 0.15) is 92.6 Å². The Balaban J connectivity index is 1.31. The van der Waals surface area contributed by atoms with Crippen molar-refractivity contribution in [3.8, 4) is 11.1 Å². The van der Waals surface area contributed by atoms with E-state index >= 15 is 0 Å². The molecule has 0 aliphatic heterocycles. The van der Waals surface area contributed by atoms with E-state index in [4.69, 9.17) is 6.57 Å². The first-order chi connectivity index (χ1) is 20.0. The second-order valence-corrected chi connectivity index (χ2v) is 11.2. The molecule has 0 amide bonds. The molecule has 5 heteroatoms. The zero-order chi connectivity index (χ0) is 28.8. The number of carbonyl (C=O) groups is 1. The van der Waals surface area contributed by atoms with E-state index in [-0.39, 0.29) is 17.0 Å². The maximum Gasteiger partial charge on any atom is 0.258 e. The lowest BCUT2D eigenvalue weighted by atomic mass is 9.82. The Bertz CT molecular complexity index is 1660. The van der Waals surface area contributed by atoms with Crippen molar-refractivity contribution in [2.24, 2.45) is 7.05 Å². The largest absolute Gasteiger partial charge is 0.355 e. The van der Waals surface area contributed by atoms with Crippen LogP contribution in [0.2, 0.25) is 0 Å². The van der Waals surface area contributed by atoms with Crippen LogP contribution in [0.3, 0.4) is 0 Å². The summed E-state index contributed by atoms with van der Waals surface area (Å²) in [4.78, 5) is 30.5. The Labute approximate surface area is 243 Å². The highest BCUT2D eigenvalue weighted by Crippen LogP contribution is 2.45. The maximum atomic E-state index is 13.8. The van der Waals surface area contributed by atoms with Crippen molar-refractivity contribution in [3.63, 3.8) is 0 Å². The first-order valence-electron chi connectivity index (χ1n) is 15.1. The molecule has 0 atom stereocenters. The number of hydrogen-bond acceptors (Lipinski definition) is 3. The van der Waals surface area contributed by atoms with E-state index in [1.54, 1.807) is 13.1 Å². The van der Waals surface area contributed by atoms with Gasteiger partial charge in [0.1, 0.15) is 0 Å². The molecule has 1 aliphatic rings. The standard InChI is InChI=1S/C36H39N3O2/c1-4-5-6-7-8-9-10-11-12-13-16-25-19-21-26(22-20-25)38-29-23-24-30-33-31(34(37-2)36(41)39(30)3)27-17-14-15-18-28(27)35(40)32(29)33/h14-15,17-24,38H,4-13,16H2,1,3H3. The van der Waals surface area contributed by atoms with Gasteiger partial charge in [0, 0.05) is 34.8 Å². The molecule has 0 fully saturated rings. The molecular formula is C36H39N3O2. The van der Waals surface area contributed by atoms with Gasteiger partial charge in [0.25, 0.3) is 11.2 Å². The van der Waals surface area contributed by atoms with Crippen LogP contribution < -0.4 is 10.9 Å². The zero-order valence-electron chi connectivity index (χ0n) is 24.3. The van der Waals surface area contributed by atoms with Crippen LogP contribution in [0.25, 0.3) is 26.9 Å².